The molecule has 0 bridgehead atoms. The van der Waals surface area contributed by atoms with Gasteiger partial charge in [0.25, 0.3) is 0 Å². The maximum atomic E-state index is 12.7. The Morgan fingerprint density at radius 1 is 1.04 bits per heavy atom. The third-order valence-electron chi connectivity index (χ3n) is 4.25. The van der Waals surface area contributed by atoms with Gasteiger partial charge in [0.05, 0.1) is 16.9 Å². The van der Waals surface area contributed by atoms with E-state index in [1.54, 1.807) is 0 Å². The molecule has 1 aliphatic rings. The molecule has 0 aromatic heterocycles. The lowest BCUT2D eigenvalue weighted by Gasteiger charge is -2.21. The molecule has 6 heteroatoms. The quantitative estimate of drug-likeness (QED) is 0.782. The van der Waals surface area contributed by atoms with E-state index in [0.717, 1.165) is 43.8 Å². The van der Waals surface area contributed by atoms with Gasteiger partial charge in [0.2, 0.25) is 5.91 Å². The Kier molecular flexibility index (Phi) is 5.30. The van der Waals surface area contributed by atoms with Gasteiger partial charge < -0.3 is 10.2 Å². The number of nitrogens with zero attached hydrogens (tertiary/aromatic N) is 1. The van der Waals surface area contributed by atoms with Gasteiger partial charge in [0.1, 0.15) is 0 Å². The van der Waals surface area contributed by atoms with Crippen LogP contribution in [0.1, 0.15) is 24.0 Å². The molecule has 1 amide bonds. The first-order valence-corrected chi connectivity index (χ1v) is 8.44. The molecule has 136 valence electrons. The van der Waals surface area contributed by atoms with Gasteiger partial charge >= 0.3 is 6.18 Å². The Balaban J connectivity index is 1.71. The highest BCUT2D eigenvalue weighted by Gasteiger charge is 2.30. The maximum absolute atomic E-state index is 12.7. The monoisotopic (exact) mass is 360 g/mol. The first-order valence-electron chi connectivity index (χ1n) is 8.44. The molecule has 1 saturated heterocycles. The Morgan fingerprint density at radius 2 is 1.77 bits per heavy atom. The number of halogens is 3. The average Bonchev–Trinajstić information content (AvgIpc) is 3.14. The second-order valence-corrected chi connectivity index (χ2v) is 6.16. The molecule has 2 aromatic rings. The van der Waals surface area contributed by atoms with Gasteiger partial charge in [-0.15, -0.1) is 0 Å². The fraction of sp³-hybridized carbons (Fsp3) is 0.250. The van der Waals surface area contributed by atoms with E-state index in [0.29, 0.717) is 11.3 Å². The summed E-state index contributed by atoms with van der Waals surface area (Å²) in [5.74, 6) is -0.381. The molecule has 0 aliphatic carbocycles. The van der Waals surface area contributed by atoms with Crippen LogP contribution >= 0.6 is 0 Å². The third kappa shape index (κ3) is 4.45. The van der Waals surface area contributed by atoms with E-state index >= 15 is 0 Å². The summed E-state index contributed by atoms with van der Waals surface area (Å²) in [6.45, 7) is 1.90. The average molecular weight is 360 g/mol. The highest BCUT2D eigenvalue weighted by Crippen LogP contribution is 2.30. The van der Waals surface area contributed by atoms with Crippen LogP contribution in [0.15, 0.2) is 54.6 Å². The first-order chi connectivity index (χ1) is 12.4. The lowest BCUT2D eigenvalue weighted by Crippen LogP contribution is -2.20. The van der Waals surface area contributed by atoms with Gasteiger partial charge in [-0.1, -0.05) is 24.3 Å². The molecular formula is C20H19F3N2O. The van der Waals surface area contributed by atoms with Crippen LogP contribution in [0.2, 0.25) is 0 Å². The predicted octanol–water partition coefficient (Wildman–Crippen LogP) is 4.96. The van der Waals surface area contributed by atoms with Crippen LogP contribution in [-0.2, 0) is 11.0 Å². The van der Waals surface area contributed by atoms with Crippen LogP contribution in [0.4, 0.5) is 24.5 Å². The molecule has 26 heavy (non-hydrogen) atoms. The van der Waals surface area contributed by atoms with Crippen molar-refractivity contribution in [3.8, 4) is 0 Å². The van der Waals surface area contributed by atoms with Crippen LogP contribution in [0.3, 0.4) is 0 Å². The van der Waals surface area contributed by atoms with Crippen molar-refractivity contribution >= 4 is 23.4 Å². The minimum Gasteiger partial charge on any atom is -0.370 e. The summed E-state index contributed by atoms with van der Waals surface area (Å²) in [6, 6.07) is 12.4. The smallest absolute Gasteiger partial charge is 0.370 e. The fourth-order valence-electron chi connectivity index (χ4n) is 2.98. The van der Waals surface area contributed by atoms with E-state index in [-0.39, 0.29) is 5.91 Å². The second kappa shape index (κ2) is 7.64. The van der Waals surface area contributed by atoms with Crippen molar-refractivity contribution in [1.82, 2.24) is 0 Å². The topological polar surface area (TPSA) is 32.3 Å². The van der Waals surface area contributed by atoms with Crippen molar-refractivity contribution in [2.24, 2.45) is 0 Å². The molecule has 0 saturated carbocycles. The van der Waals surface area contributed by atoms with Crippen molar-refractivity contribution in [2.45, 2.75) is 19.0 Å². The number of hydrogen-bond acceptors (Lipinski definition) is 2. The normalized spacial score (nSPS) is 14.8. The van der Waals surface area contributed by atoms with Gasteiger partial charge in [-0.25, -0.2) is 0 Å². The molecular weight excluding hydrogens is 341 g/mol. The maximum Gasteiger partial charge on any atom is 0.416 e. The van der Waals surface area contributed by atoms with Gasteiger partial charge in [-0.2, -0.15) is 13.2 Å². The number of para-hydroxylation sites is 2. The van der Waals surface area contributed by atoms with Crippen LogP contribution < -0.4 is 10.2 Å². The highest BCUT2D eigenvalue weighted by molar-refractivity contribution is 6.03. The van der Waals surface area contributed by atoms with Crippen molar-refractivity contribution in [3.63, 3.8) is 0 Å². The highest BCUT2D eigenvalue weighted by atomic mass is 19.4. The van der Waals surface area contributed by atoms with E-state index in [9.17, 15) is 18.0 Å². The van der Waals surface area contributed by atoms with Crippen LogP contribution in [0.25, 0.3) is 6.08 Å². The number of anilines is 2. The van der Waals surface area contributed by atoms with E-state index < -0.39 is 11.7 Å². The predicted molar refractivity (Wildman–Crippen MR) is 97.0 cm³/mol. The Morgan fingerprint density at radius 3 is 2.50 bits per heavy atom. The summed E-state index contributed by atoms with van der Waals surface area (Å²) >= 11 is 0. The molecule has 1 heterocycles. The minimum atomic E-state index is -4.40. The standard InChI is InChI=1S/C20H19F3N2O/c21-20(22,23)16-7-5-6-15(14-16)10-11-19(26)24-17-8-1-2-9-18(17)25-12-3-4-13-25/h1-2,5-11,14H,3-4,12-13H2,(H,24,26)/b11-10+. The Hall–Kier alpha value is -2.76. The van der Waals surface area contributed by atoms with E-state index in [2.05, 4.69) is 10.2 Å². The minimum absolute atomic E-state index is 0.322. The lowest BCUT2D eigenvalue weighted by molar-refractivity contribution is -0.137. The number of rotatable bonds is 4. The summed E-state index contributed by atoms with van der Waals surface area (Å²) < 4.78 is 38.2. The number of amides is 1. The number of carbonyl (C=O) groups is 1. The van der Waals surface area contributed by atoms with Crippen molar-refractivity contribution in [3.05, 3.63) is 65.7 Å². The van der Waals surface area contributed by atoms with Crippen molar-refractivity contribution in [2.75, 3.05) is 23.3 Å². The van der Waals surface area contributed by atoms with Crippen molar-refractivity contribution < 1.29 is 18.0 Å². The largest absolute Gasteiger partial charge is 0.416 e. The SMILES string of the molecule is O=C(/C=C/c1cccc(C(F)(F)F)c1)Nc1ccccc1N1CCCC1. The van der Waals surface area contributed by atoms with E-state index in [4.69, 9.17) is 0 Å². The molecule has 0 radical (unpaired) electrons. The Bertz CT molecular complexity index is 809. The molecule has 3 rings (SSSR count). The molecule has 3 nitrogen and oxygen atoms in total. The molecule has 1 fully saturated rings. The number of benzene rings is 2. The number of hydrogen-bond donors (Lipinski definition) is 1. The second-order valence-electron chi connectivity index (χ2n) is 6.16. The summed E-state index contributed by atoms with van der Waals surface area (Å²) in [6.07, 6.45) is 0.468. The summed E-state index contributed by atoms with van der Waals surface area (Å²) in [5, 5.41) is 2.81. The fourth-order valence-corrected chi connectivity index (χ4v) is 2.98. The third-order valence-corrected chi connectivity index (χ3v) is 4.25. The lowest BCUT2D eigenvalue weighted by atomic mass is 10.1. The van der Waals surface area contributed by atoms with Crippen LogP contribution in [0, 0.1) is 0 Å². The summed E-state index contributed by atoms with van der Waals surface area (Å²) in [5.41, 5.74) is 1.25. The van der Waals surface area contributed by atoms with Gasteiger partial charge in [0, 0.05) is 19.2 Å². The summed E-state index contributed by atoms with van der Waals surface area (Å²) in [4.78, 5) is 14.4. The molecule has 0 unspecified atom stereocenters. The number of carbonyl (C=O) groups excluding carboxylic acids is 1. The zero-order chi connectivity index (χ0) is 18.6. The molecule has 1 aliphatic heterocycles. The zero-order valence-electron chi connectivity index (χ0n) is 14.1. The Labute approximate surface area is 150 Å². The molecule has 0 spiro atoms. The van der Waals surface area contributed by atoms with Gasteiger partial charge in [0.15, 0.2) is 0 Å². The van der Waals surface area contributed by atoms with Crippen molar-refractivity contribution in [1.29, 1.82) is 0 Å². The zero-order valence-corrected chi connectivity index (χ0v) is 14.1. The van der Waals surface area contributed by atoms with Gasteiger partial charge in [-0.05, 0) is 48.7 Å². The van der Waals surface area contributed by atoms with E-state index in [1.165, 1.54) is 24.3 Å². The first kappa shape index (κ1) is 18.0. The van der Waals surface area contributed by atoms with Crippen LogP contribution in [0.5, 0.6) is 0 Å². The molecule has 2 aromatic carbocycles. The van der Waals surface area contributed by atoms with Crippen LogP contribution in [-0.4, -0.2) is 19.0 Å². The van der Waals surface area contributed by atoms with Gasteiger partial charge in [-0.3, -0.25) is 4.79 Å². The molecule has 1 N–H and O–H groups in total. The summed E-state index contributed by atoms with van der Waals surface area (Å²) in [7, 11) is 0. The molecule has 0 atom stereocenters. The number of alkyl halides is 3. The van der Waals surface area contributed by atoms with E-state index in [1.807, 2.05) is 24.3 Å². The number of nitrogens with one attached hydrogen (secondary N) is 1.